The van der Waals surface area contributed by atoms with Crippen molar-refractivity contribution in [2.24, 2.45) is 11.7 Å². The number of halogens is 3. The molecule has 1 amide bonds. The van der Waals surface area contributed by atoms with Crippen LogP contribution in [-0.2, 0) is 9.53 Å². The summed E-state index contributed by atoms with van der Waals surface area (Å²) < 4.78 is 7.57. The largest absolute Gasteiger partial charge is 0.381 e. The van der Waals surface area contributed by atoms with Gasteiger partial charge in [0.05, 0.1) is 28.0 Å². The third-order valence-electron chi connectivity index (χ3n) is 7.48. The molecule has 198 valence electrons. The monoisotopic (exact) mass is 565 g/mol. The highest BCUT2D eigenvalue weighted by molar-refractivity contribution is 6.41. The van der Waals surface area contributed by atoms with Gasteiger partial charge in [0.1, 0.15) is 5.52 Å². The number of benzene rings is 1. The Morgan fingerprint density at radius 3 is 2.32 bits per heavy atom. The van der Waals surface area contributed by atoms with Gasteiger partial charge in [0.15, 0.2) is 5.65 Å². The number of fused-ring (bicyclic) bond motifs is 1. The summed E-state index contributed by atoms with van der Waals surface area (Å²) in [5.74, 6) is 0.755. The number of nitrogens with zero attached hydrogens (tertiary/aromatic N) is 4. The average Bonchev–Trinajstić information content (AvgIpc) is 3.24. The normalized spacial score (nSPS) is 24.2. The van der Waals surface area contributed by atoms with Crippen molar-refractivity contribution in [3.63, 3.8) is 0 Å². The fraction of sp³-hybridized carbons (Fsp3) is 0.520. The number of hydrogen-bond donors (Lipinski definition) is 3. The number of imidazole rings is 1. The molecule has 0 aliphatic heterocycles. The van der Waals surface area contributed by atoms with E-state index in [1.807, 2.05) is 0 Å². The van der Waals surface area contributed by atoms with E-state index >= 15 is 0 Å². The van der Waals surface area contributed by atoms with E-state index in [-0.39, 0.29) is 23.9 Å². The highest BCUT2D eigenvalue weighted by atomic mass is 35.5. The Kier molecular flexibility index (Phi) is 7.95. The second-order valence-corrected chi connectivity index (χ2v) is 11.1. The highest BCUT2D eigenvalue weighted by Gasteiger charge is 2.30. The molecule has 0 bridgehead atoms. The molecule has 4 N–H and O–H groups in total. The van der Waals surface area contributed by atoms with E-state index in [9.17, 15) is 4.79 Å². The maximum Gasteiger partial charge on any atom is 0.224 e. The Morgan fingerprint density at radius 2 is 1.70 bits per heavy atom. The molecule has 2 fully saturated rings. The van der Waals surface area contributed by atoms with Gasteiger partial charge in [0, 0.05) is 30.1 Å². The minimum atomic E-state index is -0.246. The SMILES string of the molecule is COC1CCC(Nc2ncc3nc(Nc4c(Cl)cc(Cl)cc4Cl)n(C4CCC(C(N)=O)CC4)c3n2)CC1. The lowest BCUT2D eigenvalue weighted by atomic mass is 9.85. The van der Waals surface area contributed by atoms with Crippen molar-refractivity contribution in [2.45, 2.75) is 69.6 Å². The summed E-state index contributed by atoms with van der Waals surface area (Å²) >= 11 is 19.0. The molecule has 0 spiro atoms. The number of hydrogen-bond acceptors (Lipinski definition) is 7. The molecule has 12 heteroatoms. The fourth-order valence-corrected chi connectivity index (χ4v) is 6.32. The first-order chi connectivity index (χ1) is 17.8. The Bertz CT molecular complexity index is 1260. The third kappa shape index (κ3) is 5.74. The van der Waals surface area contributed by atoms with Crippen LogP contribution in [0.25, 0.3) is 11.2 Å². The lowest BCUT2D eigenvalue weighted by molar-refractivity contribution is -0.122. The second-order valence-electron chi connectivity index (χ2n) is 9.84. The number of carbonyl (C=O) groups excluding carboxylic acids is 1. The van der Waals surface area contributed by atoms with Gasteiger partial charge in [-0.05, 0) is 63.5 Å². The second kappa shape index (κ2) is 11.2. The van der Waals surface area contributed by atoms with Crippen molar-refractivity contribution >= 4 is 69.5 Å². The van der Waals surface area contributed by atoms with Crippen molar-refractivity contribution in [1.29, 1.82) is 0 Å². The molecule has 37 heavy (non-hydrogen) atoms. The summed E-state index contributed by atoms with van der Waals surface area (Å²) in [4.78, 5) is 26.0. The van der Waals surface area contributed by atoms with E-state index in [1.54, 1.807) is 25.4 Å². The molecule has 2 aliphatic carbocycles. The van der Waals surface area contributed by atoms with Crippen molar-refractivity contribution in [3.8, 4) is 0 Å². The third-order valence-corrected chi connectivity index (χ3v) is 8.30. The average molecular weight is 567 g/mol. The fourth-order valence-electron chi connectivity index (χ4n) is 5.41. The zero-order chi connectivity index (χ0) is 26.1. The molecular weight excluding hydrogens is 537 g/mol. The topological polar surface area (TPSA) is 120 Å². The summed E-state index contributed by atoms with van der Waals surface area (Å²) in [5, 5.41) is 8.01. The molecule has 0 radical (unpaired) electrons. The number of primary amides is 1. The number of anilines is 3. The lowest BCUT2D eigenvalue weighted by Crippen LogP contribution is -2.30. The first-order valence-electron chi connectivity index (χ1n) is 12.6. The number of rotatable bonds is 7. The summed E-state index contributed by atoms with van der Waals surface area (Å²) in [5.41, 5.74) is 7.44. The first-order valence-corrected chi connectivity index (χ1v) is 13.7. The predicted molar refractivity (Wildman–Crippen MR) is 147 cm³/mol. The van der Waals surface area contributed by atoms with E-state index in [0.29, 0.717) is 62.8 Å². The van der Waals surface area contributed by atoms with Gasteiger partial charge in [-0.2, -0.15) is 4.98 Å². The van der Waals surface area contributed by atoms with Crippen LogP contribution >= 0.6 is 34.8 Å². The quantitative estimate of drug-likeness (QED) is 0.315. The minimum absolute atomic E-state index is 0.0628. The van der Waals surface area contributed by atoms with Crippen molar-refractivity contribution < 1.29 is 9.53 Å². The summed E-state index contributed by atoms with van der Waals surface area (Å²) in [6, 6.07) is 3.61. The number of aromatic nitrogens is 4. The van der Waals surface area contributed by atoms with Gasteiger partial charge in [-0.15, -0.1) is 0 Å². The van der Waals surface area contributed by atoms with Crippen LogP contribution in [0.4, 0.5) is 17.6 Å². The van der Waals surface area contributed by atoms with Crippen molar-refractivity contribution in [1.82, 2.24) is 19.5 Å². The Morgan fingerprint density at radius 1 is 1.03 bits per heavy atom. The molecular formula is C25H30Cl3N7O2. The molecule has 3 aromatic rings. The summed E-state index contributed by atoms with van der Waals surface area (Å²) in [6.07, 6.45) is 9.01. The molecule has 2 saturated carbocycles. The van der Waals surface area contributed by atoms with Gasteiger partial charge in [0.25, 0.3) is 0 Å². The van der Waals surface area contributed by atoms with Crippen LogP contribution in [0.1, 0.15) is 57.4 Å². The molecule has 2 heterocycles. The zero-order valence-electron chi connectivity index (χ0n) is 20.5. The van der Waals surface area contributed by atoms with Crippen molar-refractivity contribution in [2.75, 3.05) is 17.7 Å². The Hall–Kier alpha value is -2.33. The van der Waals surface area contributed by atoms with Gasteiger partial charge in [-0.1, -0.05) is 34.8 Å². The van der Waals surface area contributed by atoms with Crippen molar-refractivity contribution in [3.05, 3.63) is 33.4 Å². The minimum Gasteiger partial charge on any atom is -0.381 e. The number of carbonyl (C=O) groups is 1. The van der Waals surface area contributed by atoms with Gasteiger partial charge < -0.3 is 21.1 Å². The molecule has 1 aromatic carbocycles. The zero-order valence-corrected chi connectivity index (χ0v) is 22.8. The summed E-state index contributed by atoms with van der Waals surface area (Å²) in [7, 11) is 1.77. The Labute approximate surface area is 230 Å². The number of nitrogens with one attached hydrogen (secondary N) is 2. The lowest BCUT2D eigenvalue weighted by Gasteiger charge is -2.29. The Balaban J connectivity index is 1.48. The van der Waals surface area contributed by atoms with Gasteiger partial charge in [-0.25, -0.2) is 9.97 Å². The van der Waals surface area contributed by atoms with Crippen LogP contribution in [0.3, 0.4) is 0 Å². The number of amides is 1. The number of methoxy groups -OCH3 is 1. The number of ether oxygens (including phenoxy) is 1. The van der Waals surface area contributed by atoms with Crippen LogP contribution in [0.15, 0.2) is 18.3 Å². The maximum absolute atomic E-state index is 11.8. The van der Waals surface area contributed by atoms with E-state index < -0.39 is 0 Å². The molecule has 2 aliphatic rings. The predicted octanol–water partition coefficient (Wildman–Crippen LogP) is 6.12. The van der Waals surface area contributed by atoms with E-state index in [4.69, 9.17) is 55.2 Å². The number of nitrogens with two attached hydrogens (primary N) is 1. The standard InChI is InChI=1S/C25H30Cl3N7O2/c1-37-17-8-4-15(5-9-17)31-24-30-12-20-23(34-24)35(16-6-2-13(3-7-16)22(29)36)25(32-20)33-21-18(27)10-14(26)11-19(21)28/h10-13,15-17H,2-9H2,1H3,(H2,29,36)(H,32,33)(H,30,31,34). The molecule has 0 unspecified atom stereocenters. The van der Waals surface area contributed by atoms with Crippen LogP contribution < -0.4 is 16.4 Å². The van der Waals surface area contributed by atoms with E-state index in [1.165, 1.54) is 0 Å². The first kappa shape index (κ1) is 26.3. The van der Waals surface area contributed by atoms with E-state index in [0.717, 1.165) is 38.5 Å². The molecule has 0 atom stereocenters. The molecule has 0 saturated heterocycles. The molecule has 2 aromatic heterocycles. The van der Waals surface area contributed by atoms with Crippen LogP contribution in [0.2, 0.25) is 15.1 Å². The van der Waals surface area contributed by atoms with Crippen LogP contribution in [0.5, 0.6) is 0 Å². The van der Waals surface area contributed by atoms with Gasteiger partial charge in [-0.3, -0.25) is 9.36 Å². The highest BCUT2D eigenvalue weighted by Crippen LogP contribution is 2.40. The van der Waals surface area contributed by atoms with Crippen LogP contribution in [-0.4, -0.2) is 44.7 Å². The van der Waals surface area contributed by atoms with Crippen LogP contribution in [0, 0.1) is 5.92 Å². The van der Waals surface area contributed by atoms with Gasteiger partial charge >= 0.3 is 0 Å². The molecule has 9 nitrogen and oxygen atoms in total. The maximum atomic E-state index is 11.8. The summed E-state index contributed by atoms with van der Waals surface area (Å²) in [6.45, 7) is 0. The van der Waals surface area contributed by atoms with Gasteiger partial charge in [0.2, 0.25) is 17.8 Å². The molecule has 5 rings (SSSR count). The smallest absolute Gasteiger partial charge is 0.224 e. The van der Waals surface area contributed by atoms with E-state index in [2.05, 4.69) is 20.2 Å².